The molecule has 0 spiro atoms. The Morgan fingerprint density at radius 1 is 1.28 bits per heavy atom. The van der Waals surface area contributed by atoms with Crippen molar-refractivity contribution in [3.8, 4) is 0 Å². The minimum atomic E-state index is 0.122. The summed E-state index contributed by atoms with van der Waals surface area (Å²) in [6.45, 7) is 2.18. The summed E-state index contributed by atoms with van der Waals surface area (Å²) < 4.78 is 0. The Morgan fingerprint density at radius 2 is 2.11 bits per heavy atom. The van der Waals surface area contributed by atoms with Gasteiger partial charge in [0.25, 0.3) is 0 Å². The van der Waals surface area contributed by atoms with Crippen LogP contribution in [0.3, 0.4) is 0 Å². The van der Waals surface area contributed by atoms with Crippen LogP contribution in [0.25, 0.3) is 0 Å². The molecule has 0 saturated carbocycles. The van der Waals surface area contributed by atoms with Crippen molar-refractivity contribution < 1.29 is 4.79 Å². The molecule has 0 radical (unpaired) electrons. The molecule has 0 fully saturated rings. The molecule has 0 bridgehead atoms. The number of carbonyl (C=O) groups is 1. The summed E-state index contributed by atoms with van der Waals surface area (Å²) in [5.74, 6) is 0.122. The lowest BCUT2D eigenvalue weighted by Gasteiger charge is -2.06. The molecule has 0 atom stereocenters. The van der Waals surface area contributed by atoms with Crippen LogP contribution in [0.4, 0.5) is 5.13 Å². The Bertz CT molecular complexity index is 377. The molecule has 0 aromatic carbocycles. The molecule has 1 amide bonds. The van der Waals surface area contributed by atoms with Crippen molar-refractivity contribution in [3.63, 3.8) is 0 Å². The lowest BCUT2D eigenvalue weighted by Crippen LogP contribution is -2.10. The minimum absolute atomic E-state index is 0.122. The Labute approximate surface area is 113 Å². The number of amides is 1. The molecule has 100 valence electrons. The summed E-state index contributed by atoms with van der Waals surface area (Å²) in [5, 5.41) is 3.75. The molecular weight excluding hydrogens is 244 g/mol. The number of nitrogens with one attached hydrogen (secondary N) is 1. The highest BCUT2D eigenvalue weighted by molar-refractivity contribution is 7.15. The molecule has 1 aromatic heterocycles. The van der Waals surface area contributed by atoms with Crippen LogP contribution in [-0.4, -0.2) is 10.9 Å². The van der Waals surface area contributed by atoms with Gasteiger partial charge in [-0.05, 0) is 32.1 Å². The summed E-state index contributed by atoms with van der Waals surface area (Å²) in [7, 11) is 0. The fourth-order valence-electron chi connectivity index (χ4n) is 2.30. The molecule has 4 heteroatoms. The van der Waals surface area contributed by atoms with Crippen LogP contribution < -0.4 is 5.32 Å². The van der Waals surface area contributed by atoms with Crippen molar-refractivity contribution in [1.29, 1.82) is 0 Å². The van der Waals surface area contributed by atoms with Gasteiger partial charge in [0, 0.05) is 11.3 Å². The second-order valence-corrected chi connectivity index (χ2v) is 6.04. The number of unbranched alkanes of at least 4 members (excludes halogenated alkanes) is 3. The van der Waals surface area contributed by atoms with Crippen molar-refractivity contribution in [2.75, 3.05) is 5.32 Å². The summed E-state index contributed by atoms with van der Waals surface area (Å²) in [4.78, 5) is 17.6. The highest BCUT2D eigenvalue weighted by Crippen LogP contribution is 2.29. The van der Waals surface area contributed by atoms with Crippen LogP contribution in [-0.2, 0) is 17.6 Å². The van der Waals surface area contributed by atoms with Crippen LogP contribution in [0, 0.1) is 0 Å². The maximum atomic E-state index is 11.7. The Hall–Kier alpha value is -0.900. The van der Waals surface area contributed by atoms with Crippen molar-refractivity contribution >= 4 is 22.4 Å². The van der Waals surface area contributed by atoms with Gasteiger partial charge in [0.15, 0.2) is 5.13 Å². The number of aromatic nitrogens is 1. The third-order valence-corrected chi connectivity index (χ3v) is 4.42. The van der Waals surface area contributed by atoms with Gasteiger partial charge in [-0.25, -0.2) is 4.98 Å². The van der Waals surface area contributed by atoms with E-state index in [1.165, 1.54) is 36.3 Å². The third-order valence-electron chi connectivity index (χ3n) is 3.35. The van der Waals surface area contributed by atoms with Crippen molar-refractivity contribution in [3.05, 3.63) is 10.6 Å². The average molecular weight is 266 g/mol. The number of anilines is 1. The standard InChI is InChI=1S/C14H22N2OS/c1-2-3-4-5-10-13(17)16-14-15-11-8-6-7-9-12(11)18-14/h2-10H2,1H3,(H,15,16,17). The third kappa shape index (κ3) is 3.80. The zero-order chi connectivity index (χ0) is 12.8. The minimum Gasteiger partial charge on any atom is -0.302 e. The van der Waals surface area contributed by atoms with Crippen molar-refractivity contribution in [2.45, 2.75) is 64.7 Å². The van der Waals surface area contributed by atoms with E-state index in [2.05, 4.69) is 17.2 Å². The smallest absolute Gasteiger partial charge is 0.226 e. The highest BCUT2D eigenvalue weighted by Gasteiger charge is 2.15. The van der Waals surface area contributed by atoms with E-state index >= 15 is 0 Å². The maximum Gasteiger partial charge on any atom is 0.226 e. The number of hydrogen-bond donors (Lipinski definition) is 1. The monoisotopic (exact) mass is 266 g/mol. The fraction of sp³-hybridized carbons (Fsp3) is 0.714. The van der Waals surface area contributed by atoms with Gasteiger partial charge in [0.2, 0.25) is 5.91 Å². The topological polar surface area (TPSA) is 42.0 Å². The van der Waals surface area contributed by atoms with Gasteiger partial charge < -0.3 is 5.32 Å². The second kappa shape index (κ2) is 6.88. The van der Waals surface area contributed by atoms with E-state index in [1.54, 1.807) is 11.3 Å². The lowest BCUT2D eigenvalue weighted by atomic mass is 10.0. The quantitative estimate of drug-likeness (QED) is 0.793. The number of nitrogens with zero attached hydrogens (tertiary/aromatic N) is 1. The Kier molecular flexibility index (Phi) is 5.17. The van der Waals surface area contributed by atoms with E-state index in [-0.39, 0.29) is 5.91 Å². The van der Waals surface area contributed by atoms with Crippen molar-refractivity contribution in [2.24, 2.45) is 0 Å². The van der Waals surface area contributed by atoms with Crippen LogP contribution in [0.2, 0.25) is 0 Å². The summed E-state index contributed by atoms with van der Waals surface area (Å²) in [6.07, 6.45) is 9.92. The highest BCUT2D eigenvalue weighted by atomic mass is 32.1. The average Bonchev–Trinajstić information content (AvgIpc) is 2.76. The van der Waals surface area contributed by atoms with Crippen LogP contribution in [0.1, 0.15) is 62.4 Å². The lowest BCUT2D eigenvalue weighted by molar-refractivity contribution is -0.116. The van der Waals surface area contributed by atoms with Gasteiger partial charge in [-0.15, -0.1) is 11.3 Å². The van der Waals surface area contributed by atoms with Gasteiger partial charge in [0.1, 0.15) is 0 Å². The first kappa shape index (κ1) is 13.5. The number of hydrogen-bond acceptors (Lipinski definition) is 3. The predicted molar refractivity (Wildman–Crippen MR) is 76.1 cm³/mol. The summed E-state index contributed by atoms with van der Waals surface area (Å²) in [6, 6.07) is 0. The molecule has 3 nitrogen and oxygen atoms in total. The molecule has 2 rings (SSSR count). The molecule has 0 aliphatic heterocycles. The number of rotatable bonds is 6. The van der Waals surface area contributed by atoms with Crippen LogP contribution >= 0.6 is 11.3 Å². The van der Waals surface area contributed by atoms with E-state index in [9.17, 15) is 4.79 Å². The van der Waals surface area contributed by atoms with Crippen LogP contribution in [0.15, 0.2) is 0 Å². The first-order valence-electron chi connectivity index (χ1n) is 7.08. The number of carbonyl (C=O) groups excluding carboxylic acids is 1. The van der Waals surface area contributed by atoms with Gasteiger partial charge >= 0.3 is 0 Å². The first-order valence-corrected chi connectivity index (χ1v) is 7.89. The molecule has 0 saturated heterocycles. The zero-order valence-corrected chi connectivity index (χ0v) is 11.9. The molecule has 1 heterocycles. The van der Waals surface area contributed by atoms with Gasteiger partial charge in [-0.1, -0.05) is 26.2 Å². The SMILES string of the molecule is CCCCCCC(=O)Nc1nc2c(s1)CCCC2. The first-order chi connectivity index (χ1) is 8.79. The van der Waals surface area contributed by atoms with E-state index in [4.69, 9.17) is 0 Å². The summed E-state index contributed by atoms with van der Waals surface area (Å²) >= 11 is 1.66. The fourth-order valence-corrected chi connectivity index (χ4v) is 3.37. The van der Waals surface area contributed by atoms with E-state index in [0.717, 1.165) is 30.8 Å². The number of aryl methyl sites for hydroxylation is 2. The maximum absolute atomic E-state index is 11.7. The largest absolute Gasteiger partial charge is 0.302 e. The van der Waals surface area contributed by atoms with Gasteiger partial charge in [-0.3, -0.25) is 4.79 Å². The Balaban J connectivity index is 1.78. The normalized spacial score (nSPS) is 14.3. The molecule has 18 heavy (non-hydrogen) atoms. The molecule has 0 unspecified atom stereocenters. The van der Waals surface area contributed by atoms with Gasteiger partial charge in [0.05, 0.1) is 5.69 Å². The van der Waals surface area contributed by atoms with Crippen molar-refractivity contribution in [1.82, 2.24) is 4.98 Å². The Morgan fingerprint density at radius 3 is 2.89 bits per heavy atom. The molecular formula is C14H22N2OS. The predicted octanol–water partition coefficient (Wildman–Crippen LogP) is 3.93. The molecule has 1 N–H and O–H groups in total. The van der Waals surface area contributed by atoms with Gasteiger partial charge in [-0.2, -0.15) is 0 Å². The van der Waals surface area contributed by atoms with E-state index in [0.29, 0.717) is 6.42 Å². The molecule has 1 aromatic rings. The molecule has 1 aliphatic carbocycles. The number of thiazole rings is 1. The van der Waals surface area contributed by atoms with E-state index in [1.807, 2.05) is 0 Å². The molecule has 1 aliphatic rings. The number of fused-ring (bicyclic) bond motifs is 1. The second-order valence-electron chi connectivity index (χ2n) is 4.95. The van der Waals surface area contributed by atoms with E-state index < -0.39 is 0 Å². The van der Waals surface area contributed by atoms with Crippen LogP contribution in [0.5, 0.6) is 0 Å². The zero-order valence-electron chi connectivity index (χ0n) is 11.1. The summed E-state index contributed by atoms with van der Waals surface area (Å²) in [5.41, 5.74) is 1.22.